The molecule has 9 heteroatoms. The maximum absolute atomic E-state index is 6.01. The Morgan fingerprint density at radius 1 is 1.22 bits per heavy atom. The summed E-state index contributed by atoms with van der Waals surface area (Å²) in [6.45, 7) is 2.74. The Balaban J connectivity index is 1.44. The number of halogens is 1. The number of pyridine rings is 1. The Morgan fingerprint density at radius 2 is 2.15 bits per heavy atom. The summed E-state index contributed by atoms with van der Waals surface area (Å²) in [6.07, 6.45) is 4.89. The molecule has 0 spiro atoms. The Labute approximate surface area is 160 Å². The van der Waals surface area contributed by atoms with Crippen LogP contribution in [0, 0.1) is 0 Å². The number of nitrogens with one attached hydrogen (secondary N) is 1. The second kappa shape index (κ2) is 7.55. The Morgan fingerprint density at radius 3 is 2.89 bits per heavy atom. The summed E-state index contributed by atoms with van der Waals surface area (Å²) in [4.78, 5) is 12.8. The molecule has 0 aliphatic rings. The van der Waals surface area contributed by atoms with E-state index in [2.05, 4.69) is 30.5 Å². The van der Waals surface area contributed by atoms with Gasteiger partial charge in [0.2, 0.25) is 5.82 Å². The summed E-state index contributed by atoms with van der Waals surface area (Å²) in [5, 5.41) is 12.0. The van der Waals surface area contributed by atoms with Gasteiger partial charge in [-0.25, -0.2) is 9.97 Å². The van der Waals surface area contributed by atoms with Crippen LogP contribution < -0.4 is 5.32 Å². The lowest BCUT2D eigenvalue weighted by Gasteiger charge is -2.14. The van der Waals surface area contributed by atoms with Crippen LogP contribution in [0.4, 0.5) is 5.82 Å². The molecule has 1 atom stereocenters. The number of anilines is 1. The molecule has 0 bridgehead atoms. The zero-order valence-electron chi connectivity index (χ0n) is 14.5. The molecule has 1 N–H and O–H groups in total. The normalized spacial score (nSPS) is 12.1. The Hall–Kier alpha value is -3.26. The van der Waals surface area contributed by atoms with E-state index < -0.39 is 0 Å². The topological polar surface area (TPSA) is 94.6 Å². The fraction of sp³-hybridized carbons (Fsp3) is 0.167. The minimum Gasteiger partial charge on any atom is -0.366 e. The van der Waals surface area contributed by atoms with Crippen molar-refractivity contribution in [1.29, 1.82) is 0 Å². The van der Waals surface area contributed by atoms with Crippen LogP contribution in [0.3, 0.4) is 0 Å². The average Bonchev–Trinajstić information content (AvgIpc) is 3.34. The van der Waals surface area contributed by atoms with E-state index in [0.717, 1.165) is 16.9 Å². The molecule has 0 aliphatic heterocycles. The van der Waals surface area contributed by atoms with Crippen LogP contribution in [0.5, 0.6) is 0 Å². The quantitative estimate of drug-likeness (QED) is 0.545. The lowest BCUT2D eigenvalue weighted by atomic mass is 10.2. The van der Waals surface area contributed by atoms with Gasteiger partial charge in [0.05, 0.1) is 12.1 Å². The molecule has 0 aliphatic carbocycles. The highest BCUT2D eigenvalue weighted by Gasteiger charge is 2.12. The first kappa shape index (κ1) is 17.2. The first-order valence-electron chi connectivity index (χ1n) is 8.32. The molecule has 136 valence electrons. The van der Waals surface area contributed by atoms with Gasteiger partial charge in [0.25, 0.3) is 5.89 Å². The van der Waals surface area contributed by atoms with Crippen molar-refractivity contribution < 1.29 is 4.52 Å². The van der Waals surface area contributed by atoms with E-state index in [4.69, 9.17) is 16.1 Å². The van der Waals surface area contributed by atoms with E-state index in [1.807, 2.05) is 31.2 Å². The average molecular weight is 382 g/mol. The molecule has 3 heterocycles. The fourth-order valence-corrected chi connectivity index (χ4v) is 2.79. The number of aromatic nitrogens is 6. The van der Waals surface area contributed by atoms with Gasteiger partial charge in [-0.15, -0.1) is 0 Å². The second-order valence-corrected chi connectivity index (χ2v) is 6.46. The molecule has 0 saturated heterocycles. The lowest BCUT2D eigenvalue weighted by molar-refractivity contribution is 0.432. The number of hydrogen-bond donors (Lipinski definition) is 1. The van der Waals surface area contributed by atoms with E-state index >= 15 is 0 Å². The van der Waals surface area contributed by atoms with Crippen molar-refractivity contribution in [1.82, 2.24) is 29.9 Å². The standard InChI is InChI=1S/C18H16ClN7O/c1-12(9-26-11-20-10-22-26)23-16-6-5-14(8-21-16)18-24-17(25-27-18)13-3-2-4-15(19)7-13/h2-8,10-12H,9H2,1H3,(H,21,23)/t12-/m1/s1. The third-order valence-electron chi connectivity index (χ3n) is 3.84. The van der Waals surface area contributed by atoms with E-state index in [1.54, 1.807) is 29.3 Å². The van der Waals surface area contributed by atoms with Crippen molar-refractivity contribution in [3.63, 3.8) is 0 Å². The Kier molecular flexibility index (Phi) is 4.80. The third kappa shape index (κ3) is 4.12. The van der Waals surface area contributed by atoms with Crippen molar-refractivity contribution in [3.8, 4) is 22.8 Å². The molecule has 0 fully saturated rings. The molecular formula is C18H16ClN7O. The van der Waals surface area contributed by atoms with Crippen LogP contribution in [-0.2, 0) is 6.54 Å². The summed E-state index contributed by atoms with van der Waals surface area (Å²) in [5.41, 5.74) is 1.54. The summed E-state index contributed by atoms with van der Waals surface area (Å²) < 4.78 is 7.12. The van der Waals surface area contributed by atoms with Crippen LogP contribution in [-0.4, -0.2) is 35.9 Å². The van der Waals surface area contributed by atoms with Gasteiger partial charge in [0.1, 0.15) is 18.5 Å². The van der Waals surface area contributed by atoms with Gasteiger partial charge in [-0.05, 0) is 31.2 Å². The van der Waals surface area contributed by atoms with Crippen LogP contribution in [0.2, 0.25) is 5.02 Å². The molecule has 0 radical (unpaired) electrons. The minimum absolute atomic E-state index is 0.142. The van der Waals surface area contributed by atoms with Gasteiger partial charge in [-0.1, -0.05) is 28.9 Å². The maximum atomic E-state index is 6.01. The van der Waals surface area contributed by atoms with Gasteiger partial charge in [0, 0.05) is 22.8 Å². The monoisotopic (exact) mass is 381 g/mol. The highest BCUT2D eigenvalue weighted by molar-refractivity contribution is 6.30. The highest BCUT2D eigenvalue weighted by atomic mass is 35.5. The SMILES string of the molecule is C[C@H](Cn1cncn1)Nc1ccc(-c2nc(-c3cccc(Cl)c3)no2)cn1. The molecule has 4 aromatic rings. The predicted octanol–water partition coefficient (Wildman–Crippen LogP) is 3.54. The zero-order chi connectivity index (χ0) is 18.6. The molecule has 1 aromatic carbocycles. The maximum Gasteiger partial charge on any atom is 0.259 e. The summed E-state index contributed by atoms with van der Waals surface area (Å²) in [7, 11) is 0. The van der Waals surface area contributed by atoms with E-state index in [-0.39, 0.29) is 6.04 Å². The van der Waals surface area contributed by atoms with Crippen molar-refractivity contribution >= 4 is 17.4 Å². The van der Waals surface area contributed by atoms with Crippen LogP contribution in [0.15, 0.2) is 59.8 Å². The largest absolute Gasteiger partial charge is 0.366 e. The van der Waals surface area contributed by atoms with Crippen molar-refractivity contribution in [2.45, 2.75) is 19.5 Å². The van der Waals surface area contributed by atoms with E-state index in [1.165, 1.54) is 6.33 Å². The number of benzene rings is 1. The van der Waals surface area contributed by atoms with Gasteiger partial charge in [-0.2, -0.15) is 10.1 Å². The first-order valence-corrected chi connectivity index (χ1v) is 8.70. The van der Waals surface area contributed by atoms with Gasteiger partial charge in [-0.3, -0.25) is 4.68 Å². The van der Waals surface area contributed by atoms with Crippen LogP contribution >= 0.6 is 11.6 Å². The van der Waals surface area contributed by atoms with Gasteiger partial charge >= 0.3 is 0 Å². The molecule has 0 amide bonds. The molecule has 0 saturated carbocycles. The van der Waals surface area contributed by atoms with Crippen molar-refractivity contribution in [2.24, 2.45) is 0 Å². The zero-order valence-corrected chi connectivity index (χ0v) is 15.2. The lowest BCUT2D eigenvalue weighted by Crippen LogP contribution is -2.22. The van der Waals surface area contributed by atoms with Crippen molar-refractivity contribution in [3.05, 3.63) is 60.3 Å². The van der Waals surface area contributed by atoms with Gasteiger partial charge < -0.3 is 9.84 Å². The van der Waals surface area contributed by atoms with E-state index in [9.17, 15) is 0 Å². The summed E-state index contributed by atoms with van der Waals surface area (Å²) in [6, 6.07) is 11.2. The summed E-state index contributed by atoms with van der Waals surface area (Å²) in [5.74, 6) is 1.64. The predicted molar refractivity (Wildman–Crippen MR) is 101 cm³/mol. The van der Waals surface area contributed by atoms with Crippen LogP contribution in [0.25, 0.3) is 22.8 Å². The molecule has 27 heavy (non-hydrogen) atoms. The molecule has 0 unspecified atom stereocenters. The minimum atomic E-state index is 0.142. The highest BCUT2D eigenvalue weighted by Crippen LogP contribution is 2.24. The van der Waals surface area contributed by atoms with Gasteiger partial charge in [0.15, 0.2) is 0 Å². The first-order chi connectivity index (χ1) is 13.2. The fourth-order valence-electron chi connectivity index (χ4n) is 2.60. The number of nitrogens with zero attached hydrogens (tertiary/aromatic N) is 6. The Bertz CT molecular complexity index is 1010. The smallest absolute Gasteiger partial charge is 0.259 e. The van der Waals surface area contributed by atoms with Crippen molar-refractivity contribution in [2.75, 3.05) is 5.32 Å². The molecular weight excluding hydrogens is 366 g/mol. The molecule has 4 rings (SSSR count). The van der Waals surface area contributed by atoms with E-state index in [0.29, 0.717) is 23.3 Å². The second-order valence-electron chi connectivity index (χ2n) is 6.03. The molecule has 3 aromatic heterocycles. The third-order valence-corrected chi connectivity index (χ3v) is 4.08. The summed E-state index contributed by atoms with van der Waals surface area (Å²) >= 11 is 6.01. The van der Waals surface area contributed by atoms with Crippen LogP contribution in [0.1, 0.15) is 6.92 Å². The number of hydrogen-bond acceptors (Lipinski definition) is 7. The molecule has 8 nitrogen and oxygen atoms in total. The number of rotatable bonds is 6.